The standard InChI is InChI=1S/C16H21NO/c1-3-4-5-11-18-16-13(2)7-6-8-14(16)12-17-15-9-10-15/h1,6-8,15,17H,4-5,9-12H2,2H3. The largest absolute Gasteiger partial charge is 0.493 e. The zero-order chi connectivity index (χ0) is 12.8. The second kappa shape index (κ2) is 6.47. The lowest BCUT2D eigenvalue weighted by molar-refractivity contribution is 0.307. The van der Waals surface area contributed by atoms with Crippen molar-refractivity contribution in [3.8, 4) is 18.1 Å². The predicted molar refractivity (Wildman–Crippen MR) is 74.6 cm³/mol. The summed E-state index contributed by atoms with van der Waals surface area (Å²) in [6, 6.07) is 7.05. The van der Waals surface area contributed by atoms with Crippen molar-refractivity contribution in [3.05, 3.63) is 29.3 Å². The third kappa shape index (κ3) is 3.78. The summed E-state index contributed by atoms with van der Waals surface area (Å²) in [7, 11) is 0. The van der Waals surface area contributed by atoms with Crippen molar-refractivity contribution in [1.29, 1.82) is 0 Å². The van der Waals surface area contributed by atoms with Crippen LogP contribution in [-0.4, -0.2) is 12.6 Å². The van der Waals surface area contributed by atoms with Crippen LogP contribution in [0.15, 0.2) is 18.2 Å². The second-order valence-corrected chi connectivity index (χ2v) is 4.87. The second-order valence-electron chi connectivity index (χ2n) is 4.87. The minimum Gasteiger partial charge on any atom is -0.493 e. The molecule has 2 nitrogen and oxygen atoms in total. The topological polar surface area (TPSA) is 21.3 Å². The van der Waals surface area contributed by atoms with Crippen LogP contribution in [0.4, 0.5) is 0 Å². The van der Waals surface area contributed by atoms with Crippen molar-refractivity contribution in [2.24, 2.45) is 0 Å². The van der Waals surface area contributed by atoms with Gasteiger partial charge >= 0.3 is 0 Å². The lowest BCUT2D eigenvalue weighted by Gasteiger charge is -2.14. The fraction of sp³-hybridized carbons (Fsp3) is 0.500. The average Bonchev–Trinajstić information content (AvgIpc) is 3.18. The van der Waals surface area contributed by atoms with Gasteiger partial charge in [-0.05, 0) is 31.7 Å². The van der Waals surface area contributed by atoms with E-state index in [-0.39, 0.29) is 0 Å². The van der Waals surface area contributed by atoms with E-state index in [0.29, 0.717) is 6.61 Å². The first-order valence-electron chi connectivity index (χ1n) is 6.69. The number of terminal acetylenes is 1. The van der Waals surface area contributed by atoms with Crippen LogP contribution in [0.5, 0.6) is 5.75 Å². The number of nitrogens with one attached hydrogen (secondary N) is 1. The van der Waals surface area contributed by atoms with Gasteiger partial charge in [0, 0.05) is 24.6 Å². The summed E-state index contributed by atoms with van der Waals surface area (Å²) >= 11 is 0. The van der Waals surface area contributed by atoms with Gasteiger partial charge in [-0.25, -0.2) is 0 Å². The van der Waals surface area contributed by atoms with E-state index >= 15 is 0 Å². The molecule has 0 bridgehead atoms. The van der Waals surface area contributed by atoms with Gasteiger partial charge in [0.05, 0.1) is 6.61 Å². The molecule has 1 aromatic rings. The molecule has 1 aromatic carbocycles. The molecule has 96 valence electrons. The molecule has 1 aliphatic rings. The molecular formula is C16H21NO. The van der Waals surface area contributed by atoms with Gasteiger partial charge in [-0.1, -0.05) is 18.2 Å². The Labute approximate surface area is 110 Å². The normalized spacial score (nSPS) is 14.2. The Bertz CT molecular complexity index is 429. The first kappa shape index (κ1) is 13.0. The van der Waals surface area contributed by atoms with Gasteiger partial charge in [-0.3, -0.25) is 0 Å². The SMILES string of the molecule is C#CCCCOc1c(C)cccc1CNC1CC1. The minimum absolute atomic E-state index is 0.700. The first-order valence-corrected chi connectivity index (χ1v) is 6.69. The van der Waals surface area contributed by atoms with E-state index in [9.17, 15) is 0 Å². The number of hydrogen-bond donors (Lipinski definition) is 1. The number of hydrogen-bond acceptors (Lipinski definition) is 2. The zero-order valence-electron chi connectivity index (χ0n) is 11.0. The molecule has 0 radical (unpaired) electrons. The molecule has 0 aromatic heterocycles. The highest BCUT2D eigenvalue weighted by Gasteiger charge is 2.20. The van der Waals surface area contributed by atoms with E-state index in [1.807, 2.05) is 0 Å². The summed E-state index contributed by atoms with van der Waals surface area (Å²) in [6.07, 6.45) is 9.56. The van der Waals surface area contributed by atoms with E-state index in [0.717, 1.165) is 31.2 Å². The summed E-state index contributed by atoms with van der Waals surface area (Å²) in [5.41, 5.74) is 2.45. The monoisotopic (exact) mass is 243 g/mol. The maximum absolute atomic E-state index is 5.89. The van der Waals surface area contributed by atoms with Crippen LogP contribution in [0, 0.1) is 19.3 Å². The molecular weight excluding hydrogens is 222 g/mol. The predicted octanol–water partition coefficient (Wildman–Crippen LogP) is 3.04. The van der Waals surface area contributed by atoms with Gasteiger partial charge in [0.15, 0.2) is 0 Å². The summed E-state index contributed by atoms with van der Waals surface area (Å²) in [5.74, 6) is 3.67. The molecule has 1 aliphatic carbocycles. The van der Waals surface area contributed by atoms with E-state index < -0.39 is 0 Å². The molecule has 0 saturated heterocycles. The van der Waals surface area contributed by atoms with Crippen molar-refractivity contribution >= 4 is 0 Å². The van der Waals surface area contributed by atoms with Gasteiger partial charge in [-0.15, -0.1) is 12.3 Å². The summed E-state index contributed by atoms with van der Waals surface area (Å²) in [6.45, 7) is 3.69. The zero-order valence-corrected chi connectivity index (χ0v) is 11.0. The van der Waals surface area contributed by atoms with Gasteiger partial charge in [-0.2, -0.15) is 0 Å². The number of unbranched alkanes of at least 4 members (excludes halogenated alkanes) is 1. The van der Waals surface area contributed by atoms with Crippen LogP contribution in [0.25, 0.3) is 0 Å². The number of rotatable bonds is 7. The fourth-order valence-electron chi connectivity index (χ4n) is 1.95. The minimum atomic E-state index is 0.700. The van der Waals surface area contributed by atoms with Crippen LogP contribution >= 0.6 is 0 Å². The molecule has 0 amide bonds. The molecule has 2 rings (SSSR count). The molecule has 1 saturated carbocycles. The number of para-hydroxylation sites is 1. The van der Waals surface area contributed by atoms with Crippen molar-refractivity contribution < 1.29 is 4.74 Å². The molecule has 0 spiro atoms. The third-order valence-corrected chi connectivity index (χ3v) is 3.16. The Balaban J connectivity index is 1.93. The van der Waals surface area contributed by atoms with Crippen LogP contribution in [0.3, 0.4) is 0 Å². The highest BCUT2D eigenvalue weighted by molar-refractivity contribution is 5.40. The number of ether oxygens (including phenoxy) is 1. The Morgan fingerprint density at radius 2 is 2.28 bits per heavy atom. The highest BCUT2D eigenvalue weighted by Crippen LogP contribution is 2.25. The van der Waals surface area contributed by atoms with Crippen LogP contribution in [0.1, 0.15) is 36.8 Å². The quantitative estimate of drug-likeness (QED) is 0.587. The molecule has 0 heterocycles. The van der Waals surface area contributed by atoms with Crippen molar-refractivity contribution in [3.63, 3.8) is 0 Å². The molecule has 2 heteroatoms. The molecule has 18 heavy (non-hydrogen) atoms. The van der Waals surface area contributed by atoms with E-state index in [1.165, 1.54) is 24.0 Å². The molecule has 0 aliphatic heterocycles. The van der Waals surface area contributed by atoms with E-state index in [4.69, 9.17) is 11.2 Å². The van der Waals surface area contributed by atoms with Crippen LogP contribution in [-0.2, 0) is 6.54 Å². The van der Waals surface area contributed by atoms with Gasteiger partial charge in [0.25, 0.3) is 0 Å². The summed E-state index contributed by atoms with van der Waals surface area (Å²) in [4.78, 5) is 0. The molecule has 0 unspecified atom stereocenters. The third-order valence-electron chi connectivity index (χ3n) is 3.16. The maximum Gasteiger partial charge on any atom is 0.126 e. The number of benzene rings is 1. The Morgan fingerprint density at radius 1 is 1.44 bits per heavy atom. The summed E-state index contributed by atoms with van der Waals surface area (Å²) in [5, 5.41) is 3.53. The molecule has 1 fully saturated rings. The molecule has 1 N–H and O–H groups in total. The van der Waals surface area contributed by atoms with Crippen molar-refractivity contribution in [2.75, 3.05) is 6.61 Å². The van der Waals surface area contributed by atoms with Crippen molar-refractivity contribution in [2.45, 2.75) is 45.2 Å². The lowest BCUT2D eigenvalue weighted by Crippen LogP contribution is -2.16. The van der Waals surface area contributed by atoms with Gasteiger partial charge in [0.2, 0.25) is 0 Å². The smallest absolute Gasteiger partial charge is 0.126 e. The Hall–Kier alpha value is -1.46. The van der Waals surface area contributed by atoms with Crippen LogP contribution in [0.2, 0.25) is 0 Å². The van der Waals surface area contributed by atoms with E-state index in [2.05, 4.69) is 36.4 Å². The maximum atomic E-state index is 5.89. The fourth-order valence-corrected chi connectivity index (χ4v) is 1.95. The molecule has 0 atom stereocenters. The van der Waals surface area contributed by atoms with E-state index in [1.54, 1.807) is 0 Å². The number of aryl methyl sites for hydroxylation is 1. The van der Waals surface area contributed by atoms with Gasteiger partial charge < -0.3 is 10.1 Å². The first-order chi connectivity index (χ1) is 8.81. The van der Waals surface area contributed by atoms with Gasteiger partial charge in [0.1, 0.15) is 5.75 Å². The highest BCUT2D eigenvalue weighted by atomic mass is 16.5. The van der Waals surface area contributed by atoms with Crippen LogP contribution < -0.4 is 10.1 Å². The Kier molecular flexibility index (Phi) is 4.66. The average molecular weight is 243 g/mol. The van der Waals surface area contributed by atoms with Crippen molar-refractivity contribution in [1.82, 2.24) is 5.32 Å². The Morgan fingerprint density at radius 3 is 3.00 bits per heavy atom. The lowest BCUT2D eigenvalue weighted by atomic mass is 10.1. The summed E-state index contributed by atoms with van der Waals surface area (Å²) < 4.78 is 5.89.